The maximum atomic E-state index is 10.6. The van der Waals surface area contributed by atoms with Crippen LogP contribution in [0.25, 0.3) is 0 Å². The summed E-state index contributed by atoms with van der Waals surface area (Å²) >= 11 is 0. The summed E-state index contributed by atoms with van der Waals surface area (Å²) in [6.07, 6.45) is 1.50. The Morgan fingerprint density at radius 1 is 1.25 bits per heavy atom. The molecule has 0 radical (unpaired) electrons. The van der Waals surface area contributed by atoms with E-state index in [0.29, 0.717) is 5.75 Å². The Morgan fingerprint density at radius 2 is 1.88 bits per heavy atom. The second kappa shape index (κ2) is 5.65. The summed E-state index contributed by atoms with van der Waals surface area (Å²) in [6.45, 7) is 2.72. The van der Waals surface area contributed by atoms with Crippen LogP contribution in [-0.2, 0) is 9.59 Å². The van der Waals surface area contributed by atoms with Gasteiger partial charge in [-0.05, 0) is 29.8 Å². The van der Waals surface area contributed by atoms with Crippen LogP contribution in [0.3, 0.4) is 0 Å². The minimum Gasteiger partial charge on any atom is -0.427 e. The summed E-state index contributed by atoms with van der Waals surface area (Å²) in [7, 11) is 0. The molecule has 0 fully saturated rings. The average molecular weight is 220 g/mol. The van der Waals surface area contributed by atoms with Gasteiger partial charge in [0.25, 0.3) is 0 Å². The predicted molar refractivity (Wildman–Crippen MR) is 59.2 cm³/mol. The summed E-state index contributed by atoms with van der Waals surface area (Å²) in [6, 6.07) is 6.75. The molecule has 0 heterocycles. The van der Waals surface area contributed by atoms with Gasteiger partial charge in [0.1, 0.15) is 5.75 Å². The van der Waals surface area contributed by atoms with E-state index in [1.54, 1.807) is 24.3 Å². The van der Waals surface area contributed by atoms with Crippen molar-refractivity contribution in [1.29, 1.82) is 0 Å². The van der Waals surface area contributed by atoms with Crippen LogP contribution < -0.4 is 10.2 Å². The summed E-state index contributed by atoms with van der Waals surface area (Å²) < 4.78 is 4.86. The third-order valence-electron chi connectivity index (χ3n) is 1.58. The fourth-order valence-electron chi connectivity index (χ4n) is 0.986. The Kier molecular flexibility index (Phi) is 4.20. The van der Waals surface area contributed by atoms with E-state index in [2.05, 4.69) is 10.5 Å². The minimum absolute atomic E-state index is 0.229. The van der Waals surface area contributed by atoms with Crippen molar-refractivity contribution in [2.45, 2.75) is 13.8 Å². The molecule has 1 rings (SSSR count). The number of benzene rings is 1. The second-order valence-electron chi connectivity index (χ2n) is 3.09. The number of hydrogen-bond donors (Lipinski definition) is 1. The van der Waals surface area contributed by atoms with Crippen molar-refractivity contribution in [3.05, 3.63) is 29.8 Å². The first-order chi connectivity index (χ1) is 7.58. The Labute approximate surface area is 93.1 Å². The summed E-state index contributed by atoms with van der Waals surface area (Å²) in [5.74, 6) is -0.114. The number of esters is 1. The number of rotatable bonds is 3. The van der Waals surface area contributed by atoms with E-state index in [-0.39, 0.29) is 11.9 Å². The number of nitrogens with one attached hydrogen (secondary N) is 1. The molecule has 5 nitrogen and oxygen atoms in total. The highest BCUT2D eigenvalue weighted by Crippen LogP contribution is 2.10. The van der Waals surface area contributed by atoms with Crippen LogP contribution in [0, 0.1) is 0 Å². The number of hydrazone groups is 1. The molecule has 0 aliphatic rings. The SMILES string of the molecule is CC(=O)N/N=C\c1ccc(OC(C)=O)cc1. The molecule has 1 aromatic carbocycles. The van der Waals surface area contributed by atoms with Crippen molar-refractivity contribution in [3.63, 3.8) is 0 Å². The van der Waals surface area contributed by atoms with Gasteiger partial charge in [0.2, 0.25) is 5.91 Å². The number of carbonyl (C=O) groups excluding carboxylic acids is 2. The van der Waals surface area contributed by atoms with Crippen molar-refractivity contribution in [3.8, 4) is 5.75 Å². The molecule has 0 bridgehead atoms. The normalized spacial score (nSPS) is 10.1. The molecular weight excluding hydrogens is 208 g/mol. The molecule has 0 aliphatic heterocycles. The molecule has 0 unspecified atom stereocenters. The van der Waals surface area contributed by atoms with E-state index in [0.717, 1.165) is 5.56 Å². The fourth-order valence-corrected chi connectivity index (χ4v) is 0.986. The van der Waals surface area contributed by atoms with Crippen molar-refractivity contribution in [1.82, 2.24) is 5.43 Å². The zero-order chi connectivity index (χ0) is 12.0. The molecule has 0 aromatic heterocycles. The topological polar surface area (TPSA) is 67.8 Å². The summed E-state index contributed by atoms with van der Waals surface area (Å²) in [5.41, 5.74) is 3.08. The first kappa shape index (κ1) is 11.9. The highest BCUT2D eigenvalue weighted by molar-refractivity contribution is 5.82. The van der Waals surface area contributed by atoms with Crippen LogP contribution in [-0.4, -0.2) is 18.1 Å². The lowest BCUT2D eigenvalue weighted by molar-refractivity contribution is -0.131. The van der Waals surface area contributed by atoms with Crippen LogP contribution in [0.1, 0.15) is 19.4 Å². The zero-order valence-corrected chi connectivity index (χ0v) is 9.06. The molecule has 16 heavy (non-hydrogen) atoms. The van der Waals surface area contributed by atoms with Gasteiger partial charge in [0.05, 0.1) is 6.21 Å². The van der Waals surface area contributed by atoms with E-state index >= 15 is 0 Å². The van der Waals surface area contributed by atoms with Gasteiger partial charge < -0.3 is 4.74 Å². The minimum atomic E-state index is -0.361. The quantitative estimate of drug-likeness (QED) is 0.359. The molecule has 1 N–H and O–H groups in total. The van der Waals surface area contributed by atoms with Gasteiger partial charge >= 0.3 is 5.97 Å². The lowest BCUT2D eigenvalue weighted by Crippen LogP contribution is -2.12. The van der Waals surface area contributed by atoms with Crippen molar-refractivity contribution in [2.24, 2.45) is 5.10 Å². The molecule has 5 heteroatoms. The molecule has 0 saturated heterocycles. The Balaban J connectivity index is 2.60. The number of nitrogens with zero attached hydrogens (tertiary/aromatic N) is 1. The van der Waals surface area contributed by atoms with Gasteiger partial charge in [0, 0.05) is 13.8 Å². The number of ether oxygens (including phenoxy) is 1. The largest absolute Gasteiger partial charge is 0.427 e. The highest BCUT2D eigenvalue weighted by atomic mass is 16.5. The molecule has 0 atom stereocenters. The lowest BCUT2D eigenvalue weighted by atomic mass is 10.2. The number of hydrogen-bond acceptors (Lipinski definition) is 4. The van der Waals surface area contributed by atoms with Gasteiger partial charge in [-0.2, -0.15) is 5.10 Å². The fraction of sp³-hybridized carbons (Fsp3) is 0.182. The Bertz CT molecular complexity index is 410. The smallest absolute Gasteiger partial charge is 0.308 e. The van der Waals surface area contributed by atoms with Crippen LogP contribution in [0.4, 0.5) is 0 Å². The lowest BCUT2D eigenvalue weighted by Gasteiger charge is -2.00. The third kappa shape index (κ3) is 4.36. The van der Waals surface area contributed by atoms with E-state index in [1.165, 1.54) is 20.1 Å². The zero-order valence-electron chi connectivity index (χ0n) is 9.06. The second-order valence-corrected chi connectivity index (χ2v) is 3.09. The molecular formula is C11H12N2O3. The third-order valence-corrected chi connectivity index (χ3v) is 1.58. The molecule has 84 valence electrons. The maximum Gasteiger partial charge on any atom is 0.308 e. The Morgan fingerprint density at radius 3 is 2.38 bits per heavy atom. The monoisotopic (exact) mass is 220 g/mol. The summed E-state index contributed by atoms with van der Waals surface area (Å²) in [5, 5.41) is 3.70. The average Bonchev–Trinajstić information content (AvgIpc) is 2.19. The van der Waals surface area contributed by atoms with Crippen LogP contribution >= 0.6 is 0 Å². The van der Waals surface area contributed by atoms with E-state index in [1.807, 2.05) is 0 Å². The van der Waals surface area contributed by atoms with E-state index in [9.17, 15) is 9.59 Å². The Hall–Kier alpha value is -2.17. The predicted octanol–water partition coefficient (Wildman–Crippen LogP) is 1.08. The van der Waals surface area contributed by atoms with Gasteiger partial charge in [-0.3, -0.25) is 9.59 Å². The number of amides is 1. The molecule has 0 aliphatic carbocycles. The van der Waals surface area contributed by atoms with Crippen LogP contribution in [0.15, 0.2) is 29.4 Å². The van der Waals surface area contributed by atoms with Gasteiger partial charge in [-0.25, -0.2) is 5.43 Å². The standard InChI is InChI=1S/C11H12N2O3/c1-8(14)13-12-7-10-3-5-11(6-4-10)16-9(2)15/h3-7H,1-2H3,(H,13,14)/b12-7-. The van der Waals surface area contributed by atoms with Crippen molar-refractivity contribution in [2.75, 3.05) is 0 Å². The van der Waals surface area contributed by atoms with Crippen molar-refractivity contribution >= 4 is 18.1 Å². The highest BCUT2D eigenvalue weighted by Gasteiger charge is 1.96. The van der Waals surface area contributed by atoms with E-state index < -0.39 is 0 Å². The van der Waals surface area contributed by atoms with Gasteiger partial charge in [-0.15, -0.1) is 0 Å². The maximum absolute atomic E-state index is 10.6. The van der Waals surface area contributed by atoms with Crippen molar-refractivity contribution < 1.29 is 14.3 Å². The molecule has 1 aromatic rings. The van der Waals surface area contributed by atoms with Crippen LogP contribution in [0.2, 0.25) is 0 Å². The van der Waals surface area contributed by atoms with E-state index in [4.69, 9.17) is 4.74 Å². The first-order valence-electron chi connectivity index (χ1n) is 4.66. The molecule has 1 amide bonds. The van der Waals surface area contributed by atoms with Gasteiger partial charge in [0.15, 0.2) is 0 Å². The summed E-state index contributed by atoms with van der Waals surface area (Å²) in [4.78, 5) is 21.2. The van der Waals surface area contributed by atoms with Crippen LogP contribution in [0.5, 0.6) is 5.75 Å². The van der Waals surface area contributed by atoms with Gasteiger partial charge in [-0.1, -0.05) is 0 Å². The molecule has 0 saturated carbocycles. The first-order valence-corrected chi connectivity index (χ1v) is 4.66. The number of carbonyl (C=O) groups is 2. The molecule has 0 spiro atoms.